The molecule has 1 saturated heterocycles. The molecule has 0 unspecified atom stereocenters. The summed E-state index contributed by atoms with van der Waals surface area (Å²) in [7, 11) is 0. The normalized spacial score (nSPS) is 15.6. The summed E-state index contributed by atoms with van der Waals surface area (Å²) in [6, 6.07) is 9.45. The number of hydrogen-bond acceptors (Lipinski definition) is 4. The number of likely N-dealkylation sites (tertiary alicyclic amines) is 1. The van der Waals surface area contributed by atoms with E-state index in [4.69, 9.17) is 0 Å². The Labute approximate surface area is 139 Å². The Morgan fingerprint density at radius 1 is 1.12 bits per heavy atom. The van der Waals surface area contributed by atoms with Gasteiger partial charge < -0.3 is 10.2 Å². The molecule has 4 heterocycles. The van der Waals surface area contributed by atoms with Gasteiger partial charge in [-0.05, 0) is 37.1 Å². The zero-order valence-electron chi connectivity index (χ0n) is 13.2. The standard InChI is InChI=1S/C17H18N6O/c24-17(19-14-4-3-8-18-12-14)22-10-6-13(7-11-22)16-21-20-15-5-1-2-9-23(15)16/h1-5,8-9,12-13H,6-7,10-11H2,(H,19,24). The molecule has 0 aromatic carbocycles. The van der Waals surface area contributed by atoms with E-state index in [0.29, 0.717) is 24.7 Å². The lowest BCUT2D eigenvalue weighted by molar-refractivity contribution is 0.193. The lowest BCUT2D eigenvalue weighted by Gasteiger charge is -2.31. The van der Waals surface area contributed by atoms with Crippen LogP contribution in [0, 0.1) is 0 Å². The first-order valence-corrected chi connectivity index (χ1v) is 8.07. The number of carbonyl (C=O) groups excluding carboxylic acids is 1. The van der Waals surface area contributed by atoms with Gasteiger partial charge in [0.25, 0.3) is 0 Å². The number of anilines is 1. The third-order valence-corrected chi connectivity index (χ3v) is 4.40. The number of carbonyl (C=O) groups is 1. The highest BCUT2D eigenvalue weighted by Crippen LogP contribution is 2.27. The number of amides is 2. The molecule has 1 fully saturated rings. The van der Waals surface area contributed by atoms with Crippen LogP contribution in [-0.4, -0.2) is 43.6 Å². The number of urea groups is 1. The van der Waals surface area contributed by atoms with E-state index in [-0.39, 0.29) is 6.03 Å². The zero-order chi connectivity index (χ0) is 16.4. The van der Waals surface area contributed by atoms with Crippen molar-refractivity contribution >= 4 is 17.4 Å². The van der Waals surface area contributed by atoms with Crippen molar-refractivity contribution in [3.63, 3.8) is 0 Å². The number of pyridine rings is 2. The van der Waals surface area contributed by atoms with Crippen LogP contribution in [0.1, 0.15) is 24.6 Å². The average Bonchev–Trinajstić information content (AvgIpc) is 3.07. The molecule has 2 amide bonds. The minimum atomic E-state index is -0.0763. The smallest absolute Gasteiger partial charge is 0.321 e. The maximum Gasteiger partial charge on any atom is 0.321 e. The van der Waals surface area contributed by atoms with Gasteiger partial charge in [-0.25, -0.2) is 4.79 Å². The summed E-state index contributed by atoms with van der Waals surface area (Å²) in [6.07, 6.45) is 7.09. The maximum atomic E-state index is 12.3. The summed E-state index contributed by atoms with van der Waals surface area (Å²) in [5, 5.41) is 11.4. The summed E-state index contributed by atoms with van der Waals surface area (Å²) in [6.45, 7) is 1.41. The van der Waals surface area contributed by atoms with Gasteiger partial charge in [-0.3, -0.25) is 9.38 Å². The molecular formula is C17H18N6O. The molecule has 0 spiro atoms. The van der Waals surface area contributed by atoms with Crippen molar-refractivity contribution in [2.75, 3.05) is 18.4 Å². The van der Waals surface area contributed by atoms with Crippen molar-refractivity contribution in [3.8, 4) is 0 Å². The van der Waals surface area contributed by atoms with Crippen LogP contribution in [0.2, 0.25) is 0 Å². The van der Waals surface area contributed by atoms with Crippen molar-refractivity contribution in [2.24, 2.45) is 0 Å². The summed E-state index contributed by atoms with van der Waals surface area (Å²) in [5.41, 5.74) is 1.58. The van der Waals surface area contributed by atoms with E-state index < -0.39 is 0 Å². The van der Waals surface area contributed by atoms with Crippen LogP contribution in [0.4, 0.5) is 10.5 Å². The van der Waals surface area contributed by atoms with Crippen LogP contribution in [0.15, 0.2) is 48.9 Å². The molecule has 3 aromatic rings. The van der Waals surface area contributed by atoms with Crippen LogP contribution in [0.5, 0.6) is 0 Å². The SMILES string of the molecule is O=C(Nc1cccnc1)N1CCC(c2nnc3ccccn23)CC1. The lowest BCUT2D eigenvalue weighted by atomic mass is 9.96. The van der Waals surface area contributed by atoms with Crippen LogP contribution in [0.25, 0.3) is 5.65 Å². The molecule has 1 aliphatic heterocycles. The van der Waals surface area contributed by atoms with E-state index in [9.17, 15) is 4.79 Å². The minimum absolute atomic E-state index is 0.0763. The Hall–Kier alpha value is -2.96. The lowest BCUT2D eigenvalue weighted by Crippen LogP contribution is -2.40. The average molecular weight is 322 g/mol. The zero-order valence-corrected chi connectivity index (χ0v) is 13.2. The Bertz CT molecular complexity index is 838. The van der Waals surface area contributed by atoms with Gasteiger partial charge in [0.2, 0.25) is 0 Å². The van der Waals surface area contributed by atoms with Gasteiger partial charge in [-0.15, -0.1) is 10.2 Å². The van der Waals surface area contributed by atoms with E-state index >= 15 is 0 Å². The van der Waals surface area contributed by atoms with Gasteiger partial charge >= 0.3 is 6.03 Å². The first-order chi connectivity index (χ1) is 11.8. The molecule has 7 nitrogen and oxygen atoms in total. The predicted molar refractivity (Wildman–Crippen MR) is 89.8 cm³/mol. The summed E-state index contributed by atoms with van der Waals surface area (Å²) in [5.74, 6) is 1.31. The van der Waals surface area contributed by atoms with Crippen molar-refractivity contribution in [3.05, 3.63) is 54.7 Å². The Balaban J connectivity index is 1.41. The van der Waals surface area contributed by atoms with Crippen LogP contribution >= 0.6 is 0 Å². The largest absolute Gasteiger partial charge is 0.324 e. The van der Waals surface area contributed by atoms with E-state index in [2.05, 4.69) is 20.5 Å². The molecule has 122 valence electrons. The molecule has 0 bridgehead atoms. The third-order valence-electron chi connectivity index (χ3n) is 4.40. The first kappa shape index (κ1) is 14.6. The molecule has 7 heteroatoms. The van der Waals surface area contributed by atoms with Gasteiger partial charge in [0.1, 0.15) is 5.82 Å². The van der Waals surface area contributed by atoms with Crippen molar-refractivity contribution in [2.45, 2.75) is 18.8 Å². The third kappa shape index (κ3) is 2.80. The van der Waals surface area contributed by atoms with E-state index in [1.165, 1.54) is 0 Å². The second-order valence-electron chi connectivity index (χ2n) is 5.92. The molecule has 4 rings (SSSR count). The fourth-order valence-electron chi connectivity index (χ4n) is 3.12. The molecular weight excluding hydrogens is 304 g/mol. The van der Waals surface area contributed by atoms with Crippen LogP contribution < -0.4 is 5.32 Å². The summed E-state index contributed by atoms with van der Waals surface area (Å²) in [4.78, 5) is 18.2. The fourth-order valence-corrected chi connectivity index (χ4v) is 3.12. The Morgan fingerprint density at radius 3 is 2.79 bits per heavy atom. The molecule has 1 aliphatic rings. The van der Waals surface area contributed by atoms with Crippen molar-refractivity contribution in [1.82, 2.24) is 24.5 Å². The monoisotopic (exact) mass is 322 g/mol. The predicted octanol–water partition coefficient (Wildman–Crippen LogP) is 2.54. The van der Waals surface area contributed by atoms with E-state index in [1.807, 2.05) is 39.8 Å². The van der Waals surface area contributed by atoms with Gasteiger partial charge in [-0.1, -0.05) is 6.07 Å². The Morgan fingerprint density at radius 2 is 2.00 bits per heavy atom. The van der Waals surface area contributed by atoms with Gasteiger partial charge in [0.05, 0.1) is 11.9 Å². The number of hydrogen-bond donors (Lipinski definition) is 1. The molecule has 1 N–H and O–H groups in total. The van der Waals surface area contributed by atoms with Gasteiger partial charge in [0, 0.05) is 31.4 Å². The van der Waals surface area contributed by atoms with E-state index in [0.717, 1.165) is 24.3 Å². The Kier molecular flexibility index (Phi) is 3.82. The van der Waals surface area contributed by atoms with Gasteiger partial charge in [-0.2, -0.15) is 0 Å². The highest BCUT2D eigenvalue weighted by atomic mass is 16.2. The number of rotatable bonds is 2. The van der Waals surface area contributed by atoms with Crippen molar-refractivity contribution in [1.29, 1.82) is 0 Å². The number of nitrogens with one attached hydrogen (secondary N) is 1. The van der Waals surface area contributed by atoms with E-state index in [1.54, 1.807) is 18.5 Å². The van der Waals surface area contributed by atoms with Crippen LogP contribution in [-0.2, 0) is 0 Å². The highest BCUT2D eigenvalue weighted by molar-refractivity contribution is 5.89. The molecule has 3 aromatic heterocycles. The number of aromatic nitrogens is 4. The quantitative estimate of drug-likeness (QED) is 0.786. The minimum Gasteiger partial charge on any atom is -0.324 e. The molecule has 0 aliphatic carbocycles. The summed E-state index contributed by atoms with van der Waals surface area (Å²) < 4.78 is 2.04. The van der Waals surface area contributed by atoms with Crippen molar-refractivity contribution < 1.29 is 4.79 Å². The molecule has 0 atom stereocenters. The highest BCUT2D eigenvalue weighted by Gasteiger charge is 2.26. The number of fused-ring (bicyclic) bond motifs is 1. The number of nitrogens with zero attached hydrogens (tertiary/aromatic N) is 5. The number of piperidine rings is 1. The second-order valence-corrected chi connectivity index (χ2v) is 5.92. The maximum absolute atomic E-state index is 12.3. The first-order valence-electron chi connectivity index (χ1n) is 8.07. The molecule has 24 heavy (non-hydrogen) atoms. The molecule has 0 radical (unpaired) electrons. The molecule has 0 saturated carbocycles. The fraction of sp³-hybridized carbons (Fsp3) is 0.294. The topological polar surface area (TPSA) is 75.4 Å². The summed E-state index contributed by atoms with van der Waals surface area (Å²) >= 11 is 0. The second kappa shape index (κ2) is 6.27. The van der Waals surface area contributed by atoms with Crippen LogP contribution in [0.3, 0.4) is 0 Å². The van der Waals surface area contributed by atoms with Gasteiger partial charge in [0.15, 0.2) is 5.65 Å².